The number of hydrogen-bond donors (Lipinski definition) is 3. The third kappa shape index (κ3) is 12.2. The van der Waals surface area contributed by atoms with E-state index in [1.807, 2.05) is 32.9 Å². The van der Waals surface area contributed by atoms with Crippen LogP contribution in [0.3, 0.4) is 0 Å². The molecule has 2 bridgehead atoms. The van der Waals surface area contributed by atoms with Crippen molar-refractivity contribution in [1.29, 1.82) is 0 Å². The quantitative estimate of drug-likeness (QED) is 0.159. The molecule has 1 amide bonds. The highest BCUT2D eigenvalue weighted by Crippen LogP contribution is 2.39. The minimum absolute atomic E-state index is 0.0226. The van der Waals surface area contributed by atoms with Gasteiger partial charge in [-0.05, 0) is 120 Å². The normalized spacial score (nSPS) is 38.1. The molecular formula is C49H73NO13. The van der Waals surface area contributed by atoms with Crippen LogP contribution >= 0.6 is 0 Å². The van der Waals surface area contributed by atoms with Gasteiger partial charge in [0.1, 0.15) is 41.6 Å². The lowest BCUT2D eigenvalue weighted by molar-refractivity contribution is -0.302. The van der Waals surface area contributed by atoms with Crippen LogP contribution in [0, 0.1) is 29.6 Å². The van der Waals surface area contributed by atoms with Crippen molar-refractivity contribution in [2.24, 2.45) is 29.6 Å². The van der Waals surface area contributed by atoms with E-state index in [2.05, 4.69) is 0 Å². The Labute approximate surface area is 373 Å². The van der Waals surface area contributed by atoms with E-state index in [0.717, 1.165) is 5.57 Å². The molecule has 14 nitrogen and oxygen atoms in total. The van der Waals surface area contributed by atoms with Gasteiger partial charge < -0.3 is 48.6 Å². The van der Waals surface area contributed by atoms with Gasteiger partial charge in [-0.25, -0.2) is 4.79 Å². The number of ketones is 2. The standard InChI is InChI=1S/C49H73NO13/c1-10-34-22-28(2)21-29(3)23-42(59-8)45-43(60-9)25-31(5)49(57,63-45)46(54)47(55)50-20-12-11-13-37(50)48(56)62-44(32(6)38(51)27-39(34)52)30(4)24-33-14-19-41(40(53)26-33)61-36-17-15-35(58-7)16-18-36/h15-18,22,24,29,31-34,37-38,40-45,51,53,57H,10-14,19-21,23,25-27H2,1-9H3/b28-22+,30-24?. The summed E-state index contributed by atoms with van der Waals surface area (Å²) in [6.07, 6.45) is 2.99. The van der Waals surface area contributed by atoms with Gasteiger partial charge >= 0.3 is 5.97 Å². The van der Waals surface area contributed by atoms with E-state index >= 15 is 0 Å². The Kier molecular flexibility index (Phi) is 18.0. The first-order valence-electron chi connectivity index (χ1n) is 23.0. The summed E-state index contributed by atoms with van der Waals surface area (Å²) in [6.45, 7) is 11.2. The predicted molar refractivity (Wildman–Crippen MR) is 235 cm³/mol. The second-order valence-corrected chi connectivity index (χ2v) is 18.7. The van der Waals surface area contributed by atoms with E-state index in [1.165, 1.54) is 19.1 Å². The van der Waals surface area contributed by atoms with Crippen molar-refractivity contribution in [3.8, 4) is 11.5 Å². The molecule has 352 valence electrons. The number of fused-ring (bicyclic) bond motifs is 3. The van der Waals surface area contributed by atoms with Gasteiger partial charge in [0, 0.05) is 44.9 Å². The van der Waals surface area contributed by atoms with Crippen molar-refractivity contribution in [1.82, 2.24) is 4.90 Å². The number of aliphatic hydroxyl groups is 3. The maximum Gasteiger partial charge on any atom is 0.329 e. The Morgan fingerprint density at radius 1 is 0.873 bits per heavy atom. The van der Waals surface area contributed by atoms with Crippen LogP contribution in [0.2, 0.25) is 0 Å². The molecule has 0 radical (unpaired) electrons. The minimum atomic E-state index is -2.52. The van der Waals surface area contributed by atoms with Gasteiger partial charge in [-0.3, -0.25) is 14.4 Å². The second-order valence-electron chi connectivity index (χ2n) is 18.7. The van der Waals surface area contributed by atoms with Crippen LogP contribution in [0.4, 0.5) is 0 Å². The summed E-state index contributed by atoms with van der Waals surface area (Å²) < 4.78 is 35.7. The van der Waals surface area contributed by atoms with Crippen LogP contribution in [0.1, 0.15) is 112 Å². The van der Waals surface area contributed by atoms with Crippen molar-refractivity contribution in [2.75, 3.05) is 27.9 Å². The number of hydrogen-bond acceptors (Lipinski definition) is 13. The molecule has 1 aromatic carbocycles. The van der Waals surface area contributed by atoms with Crippen molar-refractivity contribution < 1.29 is 62.9 Å². The van der Waals surface area contributed by atoms with Gasteiger partial charge in [0.15, 0.2) is 0 Å². The number of esters is 1. The minimum Gasteiger partial charge on any atom is -0.497 e. The molecular weight excluding hydrogens is 811 g/mol. The lowest BCUT2D eigenvalue weighted by Gasteiger charge is -2.47. The number of benzene rings is 1. The summed E-state index contributed by atoms with van der Waals surface area (Å²) in [5.41, 5.74) is 1.61. The summed E-state index contributed by atoms with van der Waals surface area (Å²) in [4.78, 5) is 58.1. The smallest absolute Gasteiger partial charge is 0.329 e. The van der Waals surface area contributed by atoms with E-state index in [-0.39, 0.29) is 43.4 Å². The third-order valence-corrected chi connectivity index (χ3v) is 13.9. The van der Waals surface area contributed by atoms with Crippen LogP contribution in [0.5, 0.6) is 11.5 Å². The van der Waals surface area contributed by atoms with Gasteiger partial charge in [-0.1, -0.05) is 45.4 Å². The fourth-order valence-corrected chi connectivity index (χ4v) is 10.1. The SMILES string of the molecule is CCC1/C=C(\C)CC(C)CC(OC)C2OC(O)(C(=O)C(=O)N3CCCCC3C(=O)OC(C(C)=CC3CCC(Oc4ccc(OC)cc4)C(O)C3)C(C)C(O)CC1=O)C(C)CC2OC. The molecule has 5 rings (SSSR count). The van der Waals surface area contributed by atoms with E-state index in [4.69, 9.17) is 28.4 Å². The van der Waals surface area contributed by atoms with E-state index in [1.54, 1.807) is 52.1 Å². The number of carbonyl (C=O) groups excluding carboxylic acids is 4. The Morgan fingerprint density at radius 3 is 2.17 bits per heavy atom. The van der Waals surface area contributed by atoms with E-state index in [0.29, 0.717) is 68.4 Å². The average molecular weight is 884 g/mol. The molecule has 0 spiro atoms. The number of cyclic esters (lactones) is 1. The van der Waals surface area contributed by atoms with Crippen molar-refractivity contribution in [3.63, 3.8) is 0 Å². The summed E-state index contributed by atoms with van der Waals surface area (Å²) in [5.74, 6) is -6.46. The lowest BCUT2D eigenvalue weighted by atomic mass is 9.81. The van der Waals surface area contributed by atoms with Gasteiger partial charge in [0.2, 0.25) is 5.79 Å². The Balaban J connectivity index is 1.47. The maximum absolute atomic E-state index is 14.4. The molecule has 2 saturated heterocycles. The molecule has 14 unspecified atom stereocenters. The highest BCUT2D eigenvalue weighted by atomic mass is 16.7. The van der Waals surface area contributed by atoms with E-state index < -0.39 is 90.0 Å². The Morgan fingerprint density at radius 2 is 1.54 bits per heavy atom. The molecule has 1 aliphatic carbocycles. The number of ether oxygens (including phenoxy) is 6. The second kappa shape index (κ2) is 22.5. The average Bonchev–Trinajstić information content (AvgIpc) is 3.27. The number of methoxy groups -OCH3 is 3. The number of amides is 1. The number of piperidine rings is 1. The number of Topliss-reactive ketones (excluding diaryl/α,β-unsaturated/α-hetero) is 2. The van der Waals surface area contributed by atoms with Crippen molar-refractivity contribution in [3.05, 3.63) is 47.6 Å². The molecule has 0 aromatic heterocycles. The van der Waals surface area contributed by atoms with Crippen LogP contribution in [0.25, 0.3) is 0 Å². The fourth-order valence-electron chi connectivity index (χ4n) is 10.1. The van der Waals surface area contributed by atoms with Crippen molar-refractivity contribution >= 4 is 23.4 Å². The number of carbonyl (C=O) groups is 4. The molecule has 63 heavy (non-hydrogen) atoms. The summed E-state index contributed by atoms with van der Waals surface area (Å²) in [5, 5.41) is 35.1. The fraction of sp³-hybridized carbons (Fsp3) is 0.714. The van der Waals surface area contributed by atoms with Crippen LogP contribution in [-0.2, 0) is 38.1 Å². The number of aliphatic hydroxyl groups excluding tert-OH is 2. The molecule has 1 saturated carbocycles. The zero-order valence-electron chi connectivity index (χ0n) is 38.8. The van der Waals surface area contributed by atoms with Gasteiger partial charge in [0.25, 0.3) is 11.7 Å². The van der Waals surface area contributed by atoms with Crippen LogP contribution in [0.15, 0.2) is 47.6 Å². The first-order chi connectivity index (χ1) is 29.9. The third-order valence-electron chi connectivity index (χ3n) is 13.9. The molecule has 14 heteroatoms. The monoisotopic (exact) mass is 884 g/mol. The molecule has 3 fully saturated rings. The van der Waals surface area contributed by atoms with Crippen molar-refractivity contribution in [2.45, 2.75) is 167 Å². The summed E-state index contributed by atoms with van der Waals surface area (Å²) in [7, 11) is 4.65. The largest absolute Gasteiger partial charge is 0.497 e. The molecule has 3 heterocycles. The zero-order chi connectivity index (χ0) is 46.2. The van der Waals surface area contributed by atoms with Crippen LogP contribution in [-0.4, -0.2) is 126 Å². The summed E-state index contributed by atoms with van der Waals surface area (Å²) in [6, 6.07) is 6.02. The first-order valence-corrected chi connectivity index (χ1v) is 23.0. The van der Waals surface area contributed by atoms with Gasteiger partial charge in [0.05, 0.1) is 31.5 Å². The predicted octanol–water partition coefficient (Wildman–Crippen LogP) is 5.91. The molecule has 3 N–H and O–H groups in total. The lowest BCUT2D eigenvalue weighted by Crippen LogP contribution is -2.64. The Hall–Kier alpha value is -3.66. The molecule has 3 aliphatic heterocycles. The highest BCUT2D eigenvalue weighted by Gasteiger charge is 2.56. The number of rotatable bonds is 8. The molecule has 4 aliphatic rings. The summed E-state index contributed by atoms with van der Waals surface area (Å²) >= 11 is 0. The maximum atomic E-state index is 14.4. The number of nitrogens with zero attached hydrogens (tertiary/aromatic N) is 1. The zero-order valence-corrected chi connectivity index (χ0v) is 38.8. The van der Waals surface area contributed by atoms with E-state index in [9.17, 15) is 34.5 Å². The van der Waals surface area contributed by atoms with Crippen LogP contribution < -0.4 is 9.47 Å². The molecule has 1 aromatic rings. The topological polar surface area (TPSA) is 188 Å². The number of allylic oxidation sites excluding steroid dienone is 3. The first kappa shape index (κ1) is 50.3. The van der Waals surface area contributed by atoms with Gasteiger partial charge in [-0.2, -0.15) is 0 Å². The van der Waals surface area contributed by atoms with Gasteiger partial charge in [-0.15, -0.1) is 0 Å². The Bertz CT molecular complexity index is 1780. The molecule has 14 atom stereocenters. The highest BCUT2D eigenvalue weighted by molar-refractivity contribution is 6.39.